The summed E-state index contributed by atoms with van der Waals surface area (Å²) in [4.78, 5) is 43.4. The number of nitrogens with zero attached hydrogens (tertiary/aromatic N) is 2. The third-order valence-electron chi connectivity index (χ3n) is 6.77. The van der Waals surface area contributed by atoms with E-state index in [-0.39, 0.29) is 34.8 Å². The molecule has 0 bridgehead atoms. The summed E-state index contributed by atoms with van der Waals surface area (Å²) in [5.74, 6) is -0.503. The highest BCUT2D eigenvalue weighted by Gasteiger charge is 2.58. The van der Waals surface area contributed by atoms with Crippen molar-refractivity contribution in [1.82, 2.24) is 9.80 Å². The van der Waals surface area contributed by atoms with Gasteiger partial charge in [-0.1, -0.05) is 18.2 Å². The molecule has 0 aromatic heterocycles. The lowest BCUT2D eigenvalue weighted by atomic mass is 9.94. The number of carbonyl (C=O) groups is 3. The minimum absolute atomic E-state index is 0.0849. The number of thioether (sulfide) groups is 1. The molecule has 0 radical (unpaired) electrons. The highest BCUT2D eigenvalue weighted by atomic mass is 32.2. The van der Waals surface area contributed by atoms with E-state index in [9.17, 15) is 19.5 Å². The number of likely N-dealkylation sites (tertiary alicyclic amines) is 1. The Balaban J connectivity index is 1.33. The second-order valence-corrected chi connectivity index (χ2v) is 11.2. The number of hydrogen-bond acceptors (Lipinski definition) is 5. The molecule has 2 unspecified atom stereocenters. The normalized spacial score (nSPS) is 25.5. The number of rotatable bonds is 3. The molecule has 5 rings (SSSR count). The van der Waals surface area contributed by atoms with Crippen molar-refractivity contribution in [2.45, 2.75) is 42.9 Å². The van der Waals surface area contributed by atoms with E-state index in [0.29, 0.717) is 30.8 Å². The van der Waals surface area contributed by atoms with Crippen LogP contribution in [0.5, 0.6) is 5.75 Å². The van der Waals surface area contributed by atoms with Crippen LogP contribution < -0.4 is 5.32 Å². The van der Waals surface area contributed by atoms with Crippen molar-refractivity contribution in [3.05, 3.63) is 59.7 Å². The predicted octanol–water partition coefficient (Wildman–Crippen LogP) is 3.62. The van der Waals surface area contributed by atoms with Crippen molar-refractivity contribution in [2.24, 2.45) is 5.92 Å². The first-order valence-corrected chi connectivity index (χ1v) is 12.1. The molecule has 3 aliphatic heterocycles. The molecular weight excluding hydrogens is 438 g/mol. The van der Waals surface area contributed by atoms with Gasteiger partial charge in [-0.05, 0) is 62.6 Å². The molecule has 2 saturated heterocycles. The minimum atomic E-state index is -0.577. The van der Waals surface area contributed by atoms with Crippen LogP contribution in [0.15, 0.2) is 48.5 Å². The monoisotopic (exact) mass is 465 g/mol. The summed E-state index contributed by atoms with van der Waals surface area (Å²) >= 11 is 1.65. The summed E-state index contributed by atoms with van der Waals surface area (Å²) in [6, 6.07) is 13.3. The van der Waals surface area contributed by atoms with Crippen LogP contribution in [-0.4, -0.2) is 56.5 Å². The molecule has 0 saturated carbocycles. The molecule has 8 heteroatoms. The zero-order chi connectivity index (χ0) is 23.3. The SMILES string of the molecule is CC1(C)SC2c3ccccc3C(=O)N2[C@@H]1C(=O)N1CCCC(C(=O)Nc2ccc(O)cc2)C1. The number of phenols is 1. The topological polar surface area (TPSA) is 90.0 Å². The smallest absolute Gasteiger partial charge is 0.256 e. The maximum absolute atomic E-state index is 13.8. The van der Waals surface area contributed by atoms with Gasteiger partial charge in [0.25, 0.3) is 5.91 Å². The Hall–Kier alpha value is -3.00. The highest BCUT2D eigenvalue weighted by Crippen LogP contribution is 2.56. The standard InChI is InChI=1S/C25H27N3O4S/c1-25(2)20(28-22(31)18-7-3-4-8-19(18)24(28)33-25)23(32)27-13-5-6-15(14-27)21(30)26-16-9-11-17(29)12-10-16/h3-4,7-12,15,20,24,29H,5-6,13-14H2,1-2H3,(H,26,30)/t15?,20-,24?/m1/s1. The molecule has 3 heterocycles. The quantitative estimate of drug-likeness (QED) is 0.676. The van der Waals surface area contributed by atoms with Gasteiger partial charge < -0.3 is 20.2 Å². The first-order valence-electron chi connectivity index (χ1n) is 11.2. The lowest BCUT2D eigenvalue weighted by Gasteiger charge is -2.38. The Morgan fingerprint density at radius 1 is 1.12 bits per heavy atom. The average molecular weight is 466 g/mol. The second-order valence-electron chi connectivity index (χ2n) is 9.44. The zero-order valence-electron chi connectivity index (χ0n) is 18.7. The van der Waals surface area contributed by atoms with Crippen LogP contribution in [0, 0.1) is 5.92 Å². The van der Waals surface area contributed by atoms with Crippen LogP contribution in [-0.2, 0) is 9.59 Å². The predicted molar refractivity (Wildman–Crippen MR) is 127 cm³/mol. The fourth-order valence-corrected chi connectivity index (χ4v) is 6.71. The molecule has 0 aliphatic carbocycles. The number of amides is 3. The first-order chi connectivity index (χ1) is 15.8. The Labute approximate surface area is 197 Å². The van der Waals surface area contributed by atoms with Crippen molar-refractivity contribution in [2.75, 3.05) is 18.4 Å². The summed E-state index contributed by atoms with van der Waals surface area (Å²) in [5, 5.41) is 12.2. The van der Waals surface area contributed by atoms with Gasteiger partial charge in [0, 0.05) is 29.1 Å². The van der Waals surface area contributed by atoms with E-state index in [2.05, 4.69) is 5.32 Å². The van der Waals surface area contributed by atoms with Gasteiger partial charge in [-0.2, -0.15) is 0 Å². The fraction of sp³-hybridized carbons (Fsp3) is 0.400. The lowest BCUT2D eigenvalue weighted by molar-refractivity contribution is -0.139. The molecule has 2 aromatic rings. The van der Waals surface area contributed by atoms with Gasteiger partial charge in [0.2, 0.25) is 11.8 Å². The Kier molecular flexibility index (Phi) is 5.35. The van der Waals surface area contributed by atoms with Gasteiger partial charge in [-0.15, -0.1) is 11.8 Å². The number of anilines is 1. The van der Waals surface area contributed by atoms with E-state index in [0.717, 1.165) is 12.0 Å². The number of carbonyl (C=O) groups excluding carboxylic acids is 3. The van der Waals surface area contributed by atoms with Gasteiger partial charge in [0.05, 0.1) is 5.92 Å². The van der Waals surface area contributed by atoms with Crippen LogP contribution in [0.4, 0.5) is 5.69 Å². The van der Waals surface area contributed by atoms with Crippen LogP contribution >= 0.6 is 11.8 Å². The maximum atomic E-state index is 13.8. The van der Waals surface area contributed by atoms with Gasteiger partial charge in [0.1, 0.15) is 17.2 Å². The van der Waals surface area contributed by atoms with E-state index in [1.54, 1.807) is 33.7 Å². The molecule has 7 nitrogen and oxygen atoms in total. The molecule has 2 aromatic carbocycles. The van der Waals surface area contributed by atoms with Crippen LogP contribution in [0.25, 0.3) is 0 Å². The third kappa shape index (κ3) is 3.76. The molecular formula is C25H27N3O4S. The van der Waals surface area contributed by atoms with E-state index < -0.39 is 10.8 Å². The molecule has 3 aliphatic rings. The lowest BCUT2D eigenvalue weighted by Crippen LogP contribution is -2.56. The average Bonchev–Trinajstić information content (AvgIpc) is 3.24. The summed E-state index contributed by atoms with van der Waals surface area (Å²) in [7, 11) is 0. The molecule has 0 spiro atoms. The number of phenolic OH excluding ortho intramolecular Hbond substituents is 1. The number of aromatic hydroxyl groups is 1. The van der Waals surface area contributed by atoms with Gasteiger partial charge in [-0.25, -0.2) is 0 Å². The Morgan fingerprint density at radius 2 is 1.85 bits per heavy atom. The van der Waals surface area contributed by atoms with E-state index in [4.69, 9.17) is 0 Å². The van der Waals surface area contributed by atoms with Gasteiger partial charge in [-0.3, -0.25) is 14.4 Å². The van der Waals surface area contributed by atoms with Crippen molar-refractivity contribution in [1.29, 1.82) is 0 Å². The summed E-state index contributed by atoms with van der Waals surface area (Å²) in [5.41, 5.74) is 2.26. The minimum Gasteiger partial charge on any atom is -0.508 e. The maximum Gasteiger partial charge on any atom is 0.256 e. The van der Waals surface area contributed by atoms with E-state index in [1.165, 1.54) is 12.1 Å². The number of benzene rings is 2. The summed E-state index contributed by atoms with van der Waals surface area (Å²) in [6.45, 7) is 4.96. The molecule has 3 amide bonds. The van der Waals surface area contributed by atoms with Crippen LogP contribution in [0.1, 0.15) is 48.0 Å². The number of fused-ring (bicyclic) bond motifs is 3. The zero-order valence-corrected chi connectivity index (χ0v) is 19.5. The highest BCUT2D eigenvalue weighted by molar-refractivity contribution is 8.01. The molecule has 2 N–H and O–H groups in total. The number of hydrogen-bond donors (Lipinski definition) is 2. The molecule has 172 valence electrons. The van der Waals surface area contributed by atoms with Crippen molar-refractivity contribution in [3.8, 4) is 5.75 Å². The Bertz CT molecular complexity index is 1120. The van der Waals surface area contributed by atoms with Crippen LogP contribution in [0.3, 0.4) is 0 Å². The fourth-order valence-electron chi connectivity index (χ4n) is 5.13. The van der Waals surface area contributed by atoms with Crippen molar-refractivity contribution in [3.63, 3.8) is 0 Å². The molecule has 3 atom stereocenters. The second kappa shape index (κ2) is 8.09. The van der Waals surface area contributed by atoms with Gasteiger partial charge >= 0.3 is 0 Å². The van der Waals surface area contributed by atoms with Gasteiger partial charge in [0.15, 0.2) is 0 Å². The first kappa shape index (κ1) is 21.8. The van der Waals surface area contributed by atoms with Crippen LogP contribution in [0.2, 0.25) is 0 Å². The number of piperidine rings is 1. The Morgan fingerprint density at radius 3 is 2.61 bits per heavy atom. The van der Waals surface area contributed by atoms with Crippen molar-refractivity contribution >= 4 is 35.2 Å². The summed E-state index contributed by atoms with van der Waals surface area (Å²) < 4.78 is -0.438. The van der Waals surface area contributed by atoms with Crippen molar-refractivity contribution < 1.29 is 19.5 Å². The third-order valence-corrected chi connectivity index (χ3v) is 8.30. The summed E-state index contributed by atoms with van der Waals surface area (Å²) in [6.07, 6.45) is 1.44. The molecule has 2 fully saturated rings. The number of nitrogens with one attached hydrogen (secondary N) is 1. The van der Waals surface area contributed by atoms with E-state index in [1.807, 2.05) is 38.1 Å². The molecule has 33 heavy (non-hydrogen) atoms. The largest absolute Gasteiger partial charge is 0.508 e. The van der Waals surface area contributed by atoms with E-state index >= 15 is 0 Å².